The van der Waals surface area contributed by atoms with Gasteiger partial charge in [0.05, 0.1) is 17.2 Å². The van der Waals surface area contributed by atoms with Gasteiger partial charge in [-0.15, -0.1) is 0 Å². The lowest BCUT2D eigenvalue weighted by Crippen LogP contribution is -2.47. The minimum atomic E-state index is -3.86. The van der Waals surface area contributed by atoms with Gasteiger partial charge < -0.3 is 5.32 Å². The number of rotatable bonds is 11. The van der Waals surface area contributed by atoms with Gasteiger partial charge in [0.2, 0.25) is 26.0 Å². The Kier molecular flexibility index (Phi) is 8.92. The van der Waals surface area contributed by atoms with Gasteiger partial charge in [0, 0.05) is 5.69 Å². The van der Waals surface area contributed by atoms with E-state index in [9.17, 15) is 21.6 Å². The zero-order chi connectivity index (χ0) is 23.1. The van der Waals surface area contributed by atoms with Crippen LogP contribution in [0.1, 0.15) is 24.9 Å². The Hall–Kier alpha value is -2.08. The van der Waals surface area contributed by atoms with Crippen molar-refractivity contribution in [3.63, 3.8) is 0 Å². The number of benzene rings is 2. The molecule has 0 bridgehead atoms. The van der Waals surface area contributed by atoms with E-state index in [2.05, 4.69) is 14.8 Å². The predicted octanol–water partition coefficient (Wildman–Crippen LogP) is 2.34. The zero-order valence-corrected chi connectivity index (χ0v) is 20.0. The van der Waals surface area contributed by atoms with Gasteiger partial charge in [0.25, 0.3) is 0 Å². The molecular weight excluding hydrogens is 458 g/mol. The van der Waals surface area contributed by atoms with E-state index >= 15 is 0 Å². The molecule has 1 amide bonds. The zero-order valence-electron chi connectivity index (χ0n) is 17.5. The van der Waals surface area contributed by atoms with E-state index in [1.54, 1.807) is 49.4 Å². The van der Waals surface area contributed by atoms with Gasteiger partial charge in [-0.1, -0.05) is 30.3 Å². The van der Waals surface area contributed by atoms with Crippen molar-refractivity contribution in [2.24, 2.45) is 0 Å². The molecule has 0 aliphatic carbocycles. The lowest BCUT2D eigenvalue weighted by molar-refractivity contribution is -0.123. The Bertz CT molecular complexity index is 1090. The number of hydrogen-bond donors (Lipinski definition) is 3. The first-order valence-corrected chi connectivity index (χ1v) is 14.2. The molecule has 0 saturated carbocycles. The van der Waals surface area contributed by atoms with Crippen molar-refractivity contribution in [2.45, 2.75) is 30.3 Å². The van der Waals surface area contributed by atoms with Crippen molar-refractivity contribution < 1.29 is 21.6 Å². The average Bonchev–Trinajstić information content (AvgIpc) is 2.70. The quantitative estimate of drug-likeness (QED) is 0.449. The number of carbonyl (C=O) groups excluding carboxylic acids is 1. The Morgan fingerprint density at radius 2 is 1.71 bits per heavy atom. The van der Waals surface area contributed by atoms with Crippen LogP contribution >= 0.6 is 11.8 Å². The summed E-state index contributed by atoms with van der Waals surface area (Å²) in [5.74, 6) is 0.139. The van der Waals surface area contributed by atoms with Crippen LogP contribution in [-0.4, -0.2) is 47.0 Å². The molecule has 170 valence electrons. The Balaban J connectivity index is 2.16. The maximum Gasteiger partial charge on any atom is 0.241 e. The molecule has 0 saturated heterocycles. The first-order chi connectivity index (χ1) is 14.5. The molecule has 8 nitrogen and oxygen atoms in total. The van der Waals surface area contributed by atoms with Crippen molar-refractivity contribution in [2.75, 3.05) is 23.0 Å². The van der Waals surface area contributed by atoms with Crippen molar-refractivity contribution in [3.05, 3.63) is 60.2 Å². The van der Waals surface area contributed by atoms with Crippen molar-refractivity contribution in [1.29, 1.82) is 0 Å². The van der Waals surface area contributed by atoms with E-state index in [1.165, 1.54) is 23.9 Å². The highest BCUT2D eigenvalue weighted by atomic mass is 32.2. The Labute approximate surface area is 188 Å². The molecule has 0 fully saturated rings. The van der Waals surface area contributed by atoms with Crippen LogP contribution in [0.15, 0.2) is 59.5 Å². The van der Waals surface area contributed by atoms with Gasteiger partial charge in [0.1, 0.15) is 6.04 Å². The number of sulfonamides is 2. The summed E-state index contributed by atoms with van der Waals surface area (Å²) in [4.78, 5) is 13.0. The van der Waals surface area contributed by atoms with Crippen molar-refractivity contribution in [1.82, 2.24) is 10.0 Å². The molecule has 0 aliphatic rings. The summed E-state index contributed by atoms with van der Waals surface area (Å²) < 4.78 is 53.2. The normalized spacial score (nSPS) is 13.9. The third kappa shape index (κ3) is 8.17. The molecule has 2 atom stereocenters. The lowest BCUT2D eigenvalue weighted by Gasteiger charge is -2.22. The highest BCUT2D eigenvalue weighted by Gasteiger charge is 2.26. The monoisotopic (exact) mass is 485 g/mol. The topological polar surface area (TPSA) is 121 Å². The fourth-order valence-corrected chi connectivity index (χ4v) is 5.09. The van der Waals surface area contributed by atoms with E-state index in [0.717, 1.165) is 6.26 Å². The third-order valence-electron chi connectivity index (χ3n) is 4.33. The van der Waals surface area contributed by atoms with Gasteiger partial charge in [-0.2, -0.15) is 16.5 Å². The fraction of sp³-hybridized carbons (Fsp3) is 0.350. The standard InChI is InChI=1S/C20H27N3O5S3/c1-15(16-8-7-9-17(14-16)22-30(3,25)26)21-20(24)19(12-13-29-2)23-31(27,28)18-10-5-4-6-11-18/h4-11,14-15,19,22-23H,12-13H2,1-3H3,(H,21,24). The van der Waals surface area contributed by atoms with Gasteiger partial charge >= 0.3 is 0 Å². The molecule has 2 unspecified atom stereocenters. The van der Waals surface area contributed by atoms with E-state index in [1.807, 2.05) is 6.26 Å². The highest BCUT2D eigenvalue weighted by molar-refractivity contribution is 7.98. The summed E-state index contributed by atoms with van der Waals surface area (Å²) in [6.45, 7) is 1.74. The number of anilines is 1. The SMILES string of the molecule is CSCCC(NS(=O)(=O)c1ccccc1)C(=O)NC(C)c1cccc(NS(C)(=O)=O)c1. The van der Waals surface area contributed by atoms with Crippen LogP contribution in [-0.2, 0) is 24.8 Å². The van der Waals surface area contributed by atoms with Crippen LogP contribution in [0.5, 0.6) is 0 Å². The van der Waals surface area contributed by atoms with Gasteiger partial charge in [-0.25, -0.2) is 16.8 Å². The molecule has 0 aromatic heterocycles. The highest BCUT2D eigenvalue weighted by Crippen LogP contribution is 2.19. The second-order valence-electron chi connectivity index (χ2n) is 7.00. The Morgan fingerprint density at radius 1 is 1.03 bits per heavy atom. The van der Waals surface area contributed by atoms with Crippen LogP contribution in [0.25, 0.3) is 0 Å². The number of hydrogen-bond acceptors (Lipinski definition) is 6. The fourth-order valence-electron chi connectivity index (χ4n) is 2.82. The number of thioether (sulfide) groups is 1. The summed E-state index contributed by atoms with van der Waals surface area (Å²) >= 11 is 1.51. The second-order valence-corrected chi connectivity index (χ2v) is 11.4. The summed E-state index contributed by atoms with van der Waals surface area (Å²) in [5.41, 5.74) is 1.06. The summed E-state index contributed by atoms with van der Waals surface area (Å²) in [5, 5.41) is 2.82. The van der Waals surface area contributed by atoms with Gasteiger partial charge in [0.15, 0.2) is 0 Å². The van der Waals surface area contributed by atoms with Crippen LogP contribution in [0, 0.1) is 0 Å². The molecule has 11 heteroatoms. The van der Waals surface area contributed by atoms with Gasteiger partial charge in [-0.3, -0.25) is 9.52 Å². The first kappa shape index (κ1) is 25.2. The maximum absolute atomic E-state index is 12.9. The number of amides is 1. The second kappa shape index (κ2) is 11.0. The van der Waals surface area contributed by atoms with Crippen molar-refractivity contribution >= 4 is 43.4 Å². The minimum absolute atomic E-state index is 0.0875. The molecule has 2 rings (SSSR count). The minimum Gasteiger partial charge on any atom is -0.348 e. The molecule has 0 radical (unpaired) electrons. The van der Waals surface area contributed by atoms with E-state index < -0.39 is 38.0 Å². The molecule has 31 heavy (non-hydrogen) atoms. The van der Waals surface area contributed by atoms with E-state index in [-0.39, 0.29) is 4.90 Å². The summed E-state index contributed by atoms with van der Waals surface area (Å²) in [6.07, 6.45) is 3.26. The molecule has 2 aromatic rings. The molecule has 0 heterocycles. The first-order valence-electron chi connectivity index (χ1n) is 9.46. The van der Waals surface area contributed by atoms with Crippen LogP contribution in [0.4, 0.5) is 5.69 Å². The van der Waals surface area contributed by atoms with E-state index in [0.29, 0.717) is 23.4 Å². The molecule has 0 spiro atoms. The molecule has 3 N–H and O–H groups in total. The van der Waals surface area contributed by atoms with Crippen molar-refractivity contribution in [3.8, 4) is 0 Å². The third-order valence-corrected chi connectivity index (χ3v) is 7.06. The smallest absolute Gasteiger partial charge is 0.241 e. The summed E-state index contributed by atoms with van der Waals surface area (Å²) in [6, 6.07) is 13.1. The largest absolute Gasteiger partial charge is 0.348 e. The number of nitrogens with one attached hydrogen (secondary N) is 3. The van der Waals surface area contributed by atoms with Gasteiger partial charge in [-0.05, 0) is 55.2 Å². The Morgan fingerprint density at radius 3 is 2.32 bits per heavy atom. The molecule has 0 aliphatic heterocycles. The average molecular weight is 486 g/mol. The van der Waals surface area contributed by atoms with Crippen LogP contribution in [0.2, 0.25) is 0 Å². The summed E-state index contributed by atoms with van der Waals surface area (Å²) in [7, 11) is -7.29. The maximum atomic E-state index is 12.9. The number of carbonyl (C=O) groups is 1. The van der Waals surface area contributed by atoms with Crippen LogP contribution in [0.3, 0.4) is 0 Å². The molecule has 2 aromatic carbocycles. The van der Waals surface area contributed by atoms with Crippen LogP contribution < -0.4 is 14.8 Å². The molecular formula is C20H27N3O5S3. The van der Waals surface area contributed by atoms with E-state index in [4.69, 9.17) is 0 Å². The predicted molar refractivity (Wildman–Crippen MR) is 125 cm³/mol. The lowest BCUT2D eigenvalue weighted by atomic mass is 10.1.